The molecule has 5 nitrogen and oxygen atoms in total. The molecule has 1 saturated carbocycles. The van der Waals surface area contributed by atoms with Crippen LogP contribution in [0.2, 0.25) is 0 Å². The van der Waals surface area contributed by atoms with Crippen LogP contribution in [0.25, 0.3) is 5.57 Å². The number of aryl methyl sites for hydroxylation is 1. The van der Waals surface area contributed by atoms with E-state index in [0.29, 0.717) is 11.8 Å². The van der Waals surface area contributed by atoms with E-state index in [2.05, 4.69) is 35.7 Å². The number of urea groups is 1. The Bertz CT molecular complexity index is 917. The summed E-state index contributed by atoms with van der Waals surface area (Å²) in [5, 5.41) is 3.21. The molecule has 0 bridgehead atoms. The number of fused-ring (bicyclic) bond motifs is 1. The molecule has 1 fully saturated rings. The predicted octanol–water partition coefficient (Wildman–Crippen LogP) is 5.16. The minimum Gasteiger partial charge on any atom is -0.585 e. The fourth-order valence-electron chi connectivity index (χ4n) is 3.97. The molecular formula is C22H26N2O3S. The summed E-state index contributed by atoms with van der Waals surface area (Å²) < 4.78 is 20.3. The highest BCUT2D eigenvalue weighted by Gasteiger charge is 2.32. The van der Waals surface area contributed by atoms with E-state index in [4.69, 9.17) is 4.42 Å². The van der Waals surface area contributed by atoms with Gasteiger partial charge in [0.05, 0.1) is 0 Å². The second kappa shape index (κ2) is 7.68. The average molecular weight is 399 g/mol. The Kier molecular flexibility index (Phi) is 5.25. The van der Waals surface area contributed by atoms with Gasteiger partial charge in [-0.15, -0.1) is 4.72 Å². The quantitative estimate of drug-likeness (QED) is 0.660. The molecule has 2 aliphatic rings. The average Bonchev–Trinajstić information content (AvgIpc) is 3.18. The Morgan fingerprint density at radius 1 is 1.36 bits per heavy atom. The maximum Gasteiger partial charge on any atom is 0.361 e. The Balaban J connectivity index is 1.52. The number of rotatable bonds is 6. The number of hydrogen-bond acceptors (Lipinski definition) is 3. The minimum absolute atomic E-state index is 0.206. The summed E-state index contributed by atoms with van der Waals surface area (Å²) in [6.07, 6.45) is 7.11. The number of allylic oxidation sites excluding steroid dienone is 1. The summed E-state index contributed by atoms with van der Waals surface area (Å²) in [7, 11) is 0. The minimum atomic E-state index is -1.76. The number of carbonyl (C=O) groups excluding carboxylic acids is 1. The van der Waals surface area contributed by atoms with Crippen LogP contribution in [0.15, 0.2) is 40.6 Å². The van der Waals surface area contributed by atoms with Gasteiger partial charge in [0.2, 0.25) is 0 Å². The summed E-state index contributed by atoms with van der Waals surface area (Å²) in [5.41, 5.74) is 6.22. The Labute approximate surface area is 168 Å². The fraction of sp³-hybridized carbons (Fsp3) is 0.409. The highest BCUT2D eigenvalue weighted by atomic mass is 32.2. The molecule has 1 aromatic heterocycles. The van der Waals surface area contributed by atoms with Gasteiger partial charge >= 0.3 is 11.1 Å². The standard InChI is InChI=1S/C22H26N2O3S/c1-13(2)17-11-20(27-12-17)28(26)24-22(25)23-21-18(14(3)15-7-8-15)10-9-16-5-4-6-19(16)21/h9-12,14-15H,1,4-8H2,2-3H3,(H2,23,24,25)/t14-,28?/m0/s1. The molecule has 6 heteroatoms. The second-order valence-corrected chi connectivity index (χ2v) is 9.05. The number of benzene rings is 1. The SMILES string of the molecule is C=C(C)c1coc([S+]([O-])NC(=O)Nc2c([C@@H](C)C3CC3)ccc3c2CCC3)c1. The molecular weight excluding hydrogens is 372 g/mol. The molecule has 1 unspecified atom stereocenters. The molecule has 4 rings (SSSR count). The van der Waals surface area contributed by atoms with Crippen molar-refractivity contribution in [1.29, 1.82) is 0 Å². The molecule has 2 N–H and O–H groups in total. The van der Waals surface area contributed by atoms with Crippen molar-refractivity contribution in [2.45, 2.75) is 57.0 Å². The zero-order valence-corrected chi connectivity index (χ0v) is 17.2. The van der Waals surface area contributed by atoms with Gasteiger partial charge in [-0.2, -0.15) is 0 Å². The Morgan fingerprint density at radius 2 is 2.14 bits per heavy atom. The molecule has 0 radical (unpaired) electrons. The molecule has 2 aromatic rings. The maximum absolute atomic E-state index is 12.6. The van der Waals surface area contributed by atoms with Crippen LogP contribution in [-0.4, -0.2) is 10.6 Å². The number of nitrogens with one attached hydrogen (secondary N) is 2. The lowest BCUT2D eigenvalue weighted by molar-refractivity contribution is 0.256. The summed E-state index contributed by atoms with van der Waals surface area (Å²) in [6, 6.07) is 5.53. The highest BCUT2D eigenvalue weighted by molar-refractivity contribution is 7.89. The van der Waals surface area contributed by atoms with E-state index >= 15 is 0 Å². The van der Waals surface area contributed by atoms with Gasteiger partial charge in [0.1, 0.15) is 17.6 Å². The molecule has 2 aliphatic carbocycles. The molecule has 1 aromatic carbocycles. The number of carbonyl (C=O) groups is 1. The van der Waals surface area contributed by atoms with Gasteiger partial charge in [0, 0.05) is 17.3 Å². The number of anilines is 1. The van der Waals surface area contributed by atoms with Crippen LogP contribution in [0.5, 0.6) is 0 Å². The lowest BCUT2D eigenvalue weighted by Gasteiger charge is -2.20. The van der Waals surface area contributed by atoms with Gasteiger partial charge in [-0.25, -0.2) is 4.79 Å². The fourth-order valence-corrected chi connectivity index (χ4v) is 4.66. The van der Waals surface area contributed by atoms with Gasteiger partial charge < -0.3 is 14.3 Å². The van der Waals surface area contributed by atoms with Crippen LogP contribution < -0.4 is 10.0 Å². The van der Waals surface area contributed by atoms with Crippen molar-refractivity contribution in [2.75, 3.05) is 5.32 Å². The zero-order chi connectivity index (χ0) is 19.8. The predicted molar refractivity (Wildman–Crippen MR) is 112 cm³/mol. The molecule has 148 valence electrons. The number of furan rings is 1. The lowest BCUT2D eigenvalue weighted by atomic mass is 9.91. The van der Waals surface area contributed by atoms with Gasteiger partial charge in [0.25, 0.3) is 0 Å². The van der Waals surface area contributed by atoms with Crippen molar-refractivity contribution >= 4 is 28.7 Å². The van der Waals surface area contributed by atoms with Gasteiger partial charge in [-0.3, -0.25) is 0 Å². The van der Waals surface area contributed by atoms with Crippen molar-refractivity contribution in [1.82, 2.24) is 4.72 Å². The Morgan fingerprint density at radius 3 is 2.82 bits per heavy atom. The first-order valence-electron chi connectivity index (χ1n) is 9.82. The molecule has 1 heterocycles. The van der Waals surface area contributed by atoms with Gasteiger partial charge in [0.15, 0.2) is 0 Å². The third-order valence-electron chi connectivity index (χ3n) is 5.81. The molecule has 2 amide bonds. The van der Waals surface area contributed by atoms with E-state index in [1.807, 2.05) is 6.92 Å². The van der Waals surface area contributed by atoms with Crippen LogP contribution in [0.3, 0.4) is 0 Å². The number of hydrogen-bond donors (Lipinski definition) is 2. The summed E-state index contributed by atoms with van der Waals surface area (Å²) >= 11 is -1.76. The van der Waals surface area contributed by atoms with Crippen LogP contribution in [-0.2, 0) is 24.2 Å². The van der Waals surface area contributed by atoms with Crippen molar-refractivity contribution < 1.29 is 13.8 Å². The van der Waals surface area contributed by atoms with Crippen molar-refractivity contribution in [3.63, 3.8) is 0 Å². The Hall–Kier alpha value is -2.18. The van der Waals surface area contributed by atoms with E-state index in [1.165, 1.54) is 35.8 Å². The lowest BCUT2D eigenvalue weighted by Crippen LogP contribution is -2.34. The number of amides is 2. The van der Waals surface area contributed by atoms with E-state index in [-0.39, 0.29) is 5.09 Å². The van der Waals surface area contributed by atoms with Crippen molar-refractivity contribution in [2.24, 2.45) is 5.92 Å². The molecule has 0 saturated heterocycles. The van der Waals surface area contributed by atoms with Crippen LogP contribution in [0, 0.1) is 5.92 Å². The van der Waals surface area contributed by atoms with Crippen LogP contribution in [0.4, 0.5) is 10.5 Å². The summed E-state index contributed by atoms with van der Waals surface area (Å²) in [5.74, 6) is 1.11. The molecule has 2 atom stereocenters. The maximum atomic E-state index is 12.6. The van der Waals surface area contributed by atoms with Crippen LogP contribution in [0.1, 0.15) is 61.3 Å². The summed E-state index contributed by atoms with van der Waals surface area (Å²) in [4.78, 5) is 12.6. The first-order chi connectivity index (χ1) is 13.4. The van der Waals surface area contributed by atoms with Crippen LogP contribution >= 0.6 is 0 Å². The van der Waals surface area contributed by atoms with E-state index in [9.17, 15) is 9.35 Å². The summed E-state index contributed by atoms with van der Waals surface area (Å²) in [6.45, 7) is 7.91. The van der Waals surface area contributed by atoms with Crippen molar-refractivity contribution in [3.05, 3.63) is 53.3 Å². The molecule has 0 spiro atoms. The van der Waals surface area contributed by atoms with E-state index < -0.39 is 17.4 Å². The van der Waals surface area contributed by atoms with E-state index in [0.717, 1.165) is 36.1 Å². The third-order valence-corrected chi connectivity index (χ3v) is 6.76. The normalized spacial score (nSPS) is 17.7. The van der Waals surface area contributed by atoms with Gasteiger partial charge in [-0.1, -0.05) is 25.6 Å². The largest absolute Gasteiger partial charge is 0.585 e. The topological polar surface area (TPSA) is 77.3 Å². The highest BCUT2D eigenvalue weighted by Crippen LogP contribution is 2.46. The van der Waals surface area contributed by atoms with Crippen molar-refractivity contribution in [3.8, 4) is 0 Å². The molecule has 28 heavy (non-hydrogen) atoms. The smallest absolute Gasteiger partial charge is 0.361 e. The third kappa shape index (κ3) is 3.84. The second-order valence-electron chi connectivity index (χ2n) is 7.91. The van der Waals surface area contributed by atoms with E-state index in [1.54, 1.807) is 6.07 Å². The molecule has 0 aliphatic heterocycles. The first-order valence-corrected chi connectivity index (χ1v) is 11.0. The first kappa shape index (κ1) is 19.2. The monoisotopic (exact) mass is 398 g/mol. The zero-order valence-electron chi connectivity index (χ0n) is 16.3. The van der Waals surface area contributed by atoms with Gasteiger partial charge in [-0.05, 0) is 73.1 Å².